The Bertz CT molecular complexity index is 518. The summed E-state index contributed by atoms with van der Waals surface area (Å²) < 4.78 is 1.62. The van der Waals surface area contributed by atoms with E-state index in [0.717, 1.165) is 6.42 Å². The van der Waals surface area contributed by atoms with Gasteiger partial charge >= 0.3 is 0 Å². The number of aryl methyl sites for hydroxylation is 1. The summed E-state index contributed by atoms with van der Waals surface area (Å²) in [6.45, 7) is 3.01. The first kappa shape index (κ1) is 11.2. The molecule has 0 radical (unpaired) electrons. The van der Waals surface area contributed by atoms with Gasteiger partial charge in [-0.2, -0.15) is 5.21 Å². The van der Waals surface area contributed by atoms with Gasteiger partial charge in [-0.15, -0.1) is 10.2 Å². The Labute approximate surface area is 97.1 Å². The zero-order valence-electron chi connectivity index (χ0n) is 9.42. The minimum atomic E-state index is -0.141. The molecule has 2 heterocycles. The Morgan fingerprint density at radius 1 is 1.53 bits per heavy atom. The van der Waals surface area contributed by atoms with Crippen molar-refractivity contribution in [1.82, 2.24) is 30.2 Å². The first-order valence-corrected chi connectivity index (χ1v) is 5.33. The maximum Gasteiger partial charge on any atom is 0.293 e. The van der Waals surface area contributed by atoms with Crippen LogP contribution >= 0.6 is 0 Å². The predicted octanol–water partition coefficient (Wildman–Crippen LogP) is -0.222. The summed E-state index contributed by atoms with van der Waals surface area (Å²) in [6.07, 6.45) is 4.16. The van der Waals surface area contributed by atoms with Gasteiger partial charge in [-0.05, 0) is 6.42 Å². The third-order valence-corrected chi connectivity index (χ3v) is 2.18. The topological polar surface area (TPSA) is 101 Å². The molecule has 0 aliphatic heterocycles. The second-order valence-corrected chi connectivity index (χ2v) is 3.46. The number of tetrazole rings is 1. The fourth-order valence-corrected chi connectivity index (χ4v) is 1.41. The van der Waals surface area contributed by atoms with E-state index in [1.807, 2.05) is 6.92 Å². The molecular formula is C9H13N7O. The average Bonchev–Trinajstić information content (AvgIpc) is 2.83. The van der Waals surface area contributed by atoms with E-state index in [9.17, 15) is 4.79 Å². The van der Waals surface area contributed by atoms with Gasteiger partial charge in [-0.25, -0.2) is 4.98 Å². The van der Waals surface area contributed by atoms with Crippen LogP contribution in [0.5, 0.6) is 0 Å². The molecule has 0 saturated heterocycles. The van der Waals surface area contributed by atoms with Gasteiger partial charge in [-0.3, -0.25) is 4.79 Å². The molecule has 0 saturated carbocycles. The highest BCUT2D eigenvalue weighted by Crippen LogP contribution is 1.96. The van der Waals surface area contributed by atoms with Crippen LogP contribution in [0.3, 0.4) is 0 Å². The first-order valence-electron chi connectivity index (χ1n) is 5.33. The van der Waals surface area contributed by atoms with Gasteiger partial charge in [0.15, 0.2) is 11.6 Å². The lowest BCUT2D eigenvalue weighted by molar-refractivity contribution is 0.649. The van der Waals surface area contributed by atoms with Crippen molar-refractivity contribution in [2.24, 2.45) is 0 Å². The average molecular weight is 235 g/mol. The van der Waals surface area contributed by atoms with Crippen LogP contribution in [-0.4, -0.2) is 30.2 Å². The van der Waals surface area contributed by atoms with Crippen molar-refractivity contribution in [3.8, 4) is 0 Å². The third-order valence-electron chi connectivity index (χ3n) is 2.18. The molecule has 8 heteroatoms. The van der Waals surface area contributed by atoms with Crippen molar-refractivity contribution in [1.29, 1.82) is 0 Å². The van der Waals surface area contributed by atoms with Crippen molar-refractivity contribution in [3.63, 3.8) is 0 Å². The summed E-state index contributed by atoms with van der Waals surface area (Å²) >= 11 is 0. The maximum absolute atomic E-state index is 11.9. The Kier molecular flexibility index (Phi) is 3.43. The van der Waals surface area contributed by atoms with Crippen molar-refractivity contribution in [2.75, 3.05) is 5.32 Å². The van der Waals surface area contributed by atoms with Crippen LogP contribution < -0.4 is 10.9 Å². The molecule has 0 aliphatic carbocycles. The molecule has 0 atom stereocenters. The molecule has 0 aromatic carbocycles. The summed E-state index contributed by atoms with van der Waals surface area (Å²) in [7, 11) is 0. The van der Waals surface area contributed by atoms with Crippen LogP contribution in [0.1, 0.15) is 19.2 Å². The zero-order chi connectivity index (χ0) is 12.1. The lowest BCUT2D eigenvalue weighted by atomic mass is 10.4. The van der Waals surface area contributed by atoms with Gasteiger partial charge in [0.2, 0.25) is 0 Å². The molecule has 2 N–H and O–H groups in total. The number of anilines is 1. The van der Waals surface area contributed by atoms with E-state index < -0.39 is 0 Å². The van der Waals surface area contributed by atoms with Crippen molar-refractivity contribution in [2.45, 2.75) is 26.4 Å². The minimum Gasteiger partial charge on any atom is -0.358 e. The molecule has 0 aliphatic rings. The van der Waals surface area contributed by atoms with Crippen molar-refractivity contribution in [3.05, 3.63) is 28.6 Å². The number of hydrogen-bond acceptors (Lipinski definition) is 6. The van der Waals surface area contributed by atoms with E-state index in [1.54, 1.807) is 17.0 Å². The van der Waals surface area contributed by atoms with Crippen LogP contribution in [0.15, 0.2) is 17.2 Å². The number of hydrogen-bond donors (Lipinski definition) is 2. The lowest BCUT2D eigenvalue weighted by Crippen LogP contribution is -2.24. The zero-order valence-corrected chi connectivity index (χ0v) is 9.42. The second-order valence-electron chi connectivity index (χ2n) is 3.46. The fourth-order valence-electron chi connectivity index (χ4n) is 1.41. The Hall–Kier alpha value is -2.25. The third kappa shape index (κ3) is 2.65. The fraction of sp³-hybridized carbons (Fsp3) is 0.444. The van der Waals surface area contributed by atoms with Crippen LogP contribution in [0.2, 0.25) is 0 Å². The number of aromatic nitrogens is 6. The normalized spacial score (nSPS) is 10.4. The van der Waals surface area contributed by atoms with Gasteiger partial charge in [0.25, 0.3) is 5.56 Å². The van der Waals surface area contributed by atoms with Crippen LogP contribution in [-0.2, 0) is 13.1 Å². The first-order chi connectivity index (χ1) is 8.31. The highest BCUT2D eigenvalue weighted by Gasteiger charge is 2.05. The summed E-state index contributed by atoms with van der Waals surface area (Å²) in [5, 5.41) is 16.2. The second kappa shape index (κ2) is 5.19. The predicted molar refractivity (Wildman–Crippen MR) is 60.3 cm³/mol. The van der Waals surface area contributed by atoms with E-state index >= 15 is 0 Å². The summed E-state index contributed by atoms with van der Waals surface area (Å²) in [5.74, 6) is 0.780. The van der Waals surface area contributed by atoms with Gasteiger partial charge < -0.3 is 9.88 Å². The Morgan fingerprint density at radius 3 is 3.12 bits per heavy atom. The van der Waals surface area contributed by atoms with E-state index in [0.29, 0.717) is 24.7 Å². The van der Waals surface area contributed by atoms with Crippen LogP contribution in [0.25, 0.3) is 0 Å². The minimum absolute atomic E-state index is 0.141. The molecular weight excluding hydrogens is 222 g/mol. The smallest absolute Gasteiger partial charge is 0.293 e. The summed E-state index contributed by atoms with van der Waals surface area (Å²) in [6, 6.07) is 0. The highest BCUT2D eigenvalue weighted by atomic mass is 16.1. The maximum atomic E-state index is 11.9. The van der Waals surface area contributed by atoms with E-state index in [4.69, 9.17) is 0 Å². The molecule has 0 fully saturated rings. The largest absolute Gasteiger partial charge is 0.358 e. The molecule has 0 spiro atoms. The molecule has 2 aromatic heterocycles. The monoisotopic (exact) mass is 235 g/mol. The van der Waals surface area contributed by atoms with E-state index in [-0.39, 0.29) is 5.56 Å². The quantitative estimate of drug-likeness (QED) is 0.742. The highest BCUT2D eigenvalue weighted by molar-refractivity contribution is 5.30. The van der Waals surface area contributed by atoms with Gasteiger partial charge in [0.05, 0.1) is 6.54 Å². The van der Waals surface area contributed by atoms with Gasteiger partial charge in [-0.1, -0.05) is 12.1 Å². The standard InChI is InChI=1S/C9H13N7O/c1-2-4-16-5-3-10-8(9(16)17)11-6-7-12-14-15-13-7/h3,5H,2,4,6H2,1H3,(H,10,11)(H,12,13,14,15). The lowest BCUT2D eigenvalue weighted by Gasteiger charge is -2.06. The molecule has 8 nitrogen and oxygen atoms in total. The number of nitrogens with zero attached hydrogens (tertiary/aromatic N) is 5. The van der Waals surface area contributed by atoms with Crippen LogP contribution in [0, 0.1) is 0 Å². The Balaban J connectivity index is 2.10. The Morgan fingerprint density at radius 2 is 2.41 bits per heavy atom. The molecule has 0 unspecified atom stereocenters. The number of rotatable bonds is 5. The summed E-state index contributed by atoms with van der Waals surface area (Å²) in [5.41, 5.74) is -0.141. The molecule has 2 rings (SSSR count). The molecule has 17 heavy (non-hydrogen) atoms. The SMILES string of the molecule is CCCn1ccnc(NCc2nn[nH]n2)c1=O. The number of aromatic amines is 1. The van der Waals surface area contributed by atoms with Crippen molar-refractivity contribution >= 4 is 5.82 Å². The van der Waals surface area contributed by atoms with Crippen LogP contribution in [0.4, 0.5) is 5.82 Å². The number of H-pyrrole nitrogens is 1. The van der Waals surface area contributed by atoms with Gasteiger partial charge in [0.1, 0.15) is 0 Å². The molecule has 90 valence electrons. The van der Waals surface area contributed by atoms with Crippen molar-refractivity contribution < 1.29 is 0 Å². The molecule has 0 bridgehead atoms. The van der Waals surface area contributed by atoms with E-state index in [1.165, 1.54) is 0 Å². The molecule has 2 aromatic rings. The van der Waals surface area contributed by atoms with E-state index in [2.05, 4.69) is 30.9 Å². The number of nitrogens with one attached hydrogen (secondary N) is 2. The molecule has 0 amide bonds. The van der Waals surface area contributed by atoms with Gasteiger partial charge in [0, 0.05) is 18.9 Å². The summed E-state index contributed by atoms with van der Waals surface area (Å²) in [4.78, 5) is 15.9.